The molecule has 0 radical (unpaired) electrons. The molecule has 0 aromatic heterocycles. The van der Waals surface area contributed by atoms with Crippen molar-refractivity contribution in [1.29, 1.82) is 0 Å². The van der Waals surface area contributed by atoms with Gasteiger partial charge < -0.3 is 4.74 Å². The minimum absolute atomic E-state index is 0.0278. The molecule has 1 saturated heterocycles. The van der Waals surface area contributed by atoms with Crippen LogP contribution in [-0.4, -0.2) is 18.5 Å². The first-order chi connectivity index (χ1) is 7.42. The Morgan fingerprint density at radius 1 is 1.31 bits per heavy atom. The van der Waals surface area contributed by atoms with E-state index in [4.69, 9.17) is 4.74 Å². The second-order valence-corrected chi connectivity index (χ2v) is 3.95. The van der Waals surface area contributed by atoms with Gasteiger partial charge in [0.25, 0.3) is 0 Å². The zero-order valence-electron chi connectivity index (χ0n) is 8.71. The molecule has 1 fully saturated rings. The van der Waals surface area contributed by atoms with Gasteiger partial charge in [-0.1, -0.05) is 30.3 Å². The molecule has 1 N–H and O–H groups in total. The summed E-state index contributed by atoms with van der Waals surface area (Å²) >= 11 is 0. The van der Waals surface area contributed by atoms with Crippen LogP contribution in [0.15, 0.2) is 30.3 Å². The van der Waals surface area contributed by atoms with Crippen molar-refractivity contribution in [3.8, 4) is 0 Å². The molecule has 5 heteroatoms. The van der Waals surface area contributed by atoms with Gasteiger partial charge in [-0.15, -0.1) is 0 Å². The second-order valence-electron chi connectivity index (χ2n) is 3.95. The number of ether oxygens (including phenoxy) is 1. The third-order valence-electron chi connectivity index (χ3n) is 2.73. The summed E-state index contributed by atoms with van der Waals surface area (Å²) in [4.78, 5) is 0. The maximum absolute atomic E-state index is 12.6. The molecule has 0 amide bonds. The van der Waals surface area contributed by atoms with Crippen molar-refractivity contribution < 1.29 is 17.9 Å². The number of halogens is 3. The molecule has 0 aliphatic carbocycles. The van der Waals surface area contributed by atoms with Crippen LogP contribution < -0.4 is 5.32 Å². The molecule has 1 aliphatic rings. The van der Waals surface area contributed by atoms with E-state index in [0.717, 1.165) is 12.5 Å². The van der Waals surface area contributed by atoms with Gasteiger partial charge in [0.2, 0.25) is 5.72 Å². The van der Waals surface area contributed by atoms with E-state index in [-0.39, 0.29) is 6.61 Å². The first-order valence-corrected chi connectivity index (χ1v) is 4.96. The summed E-state index contributed by atoms with van der Waals surface area (Å²) in [7, 11) is 0. The van der Waals surface area contributed by atoms with Gasteiger partial charge in [0.1, 0.15) is 0 Å². The highest BCUT2D eigenvalue weighted by atomic mass is 19.4. The molecule has 0 unspecified atom stereocenters. The van der Waals surface area contributed by atoms with Crippen molar-refractivity contribution in [3.05, 3.63) is 35.9 Å². The lowest BCUT2D eigenvalue weighted by molar-refractivity contribution is -0.263. The summed E-state index contributed by atoms with van der Waals surface area (Å²) in [5.41, 5.74) is -1.44. The lowest BCUT2D eigenvalue weighted by Gasteiger charge is -2.27. The molecule has 1 heterocycles. The lowest BCUT2D eigenvalue weighted by Crippen LogP contribution is -2.51. The quantitative estimate of drug-likeness (QED) is 0.802. The molecule has 88 valence electrons. The fraction of sp³-hybridized carbons (Fsp3) is 0.455. The first-order valence-electron chi connectivity index (χ1n) is 4.96. The van der Waals surface area contributed by atoms with Crippen LogP contribution in [0.1, 0.15) is 18.5 Å². The summed E-state index contributed by atoms with van der Waals surface area (Å²) in [6.45, 7) is 1.04. The van der Waals surface area contributed by atoms with Gasteiger partial charge in [-0.05, 0) is 12.5 Å². The molecule has 1 aliphatic heterocycles. The fourth-order valence-electron chi connectivity index (χ4n) is 1.69. The fourth-order valence-corrected chi connectivity index (χ4v) is 1.69. The highest BCUT2D eigenvalue weighted by molar-refractivity contribution is 5.20. The molecule has 1 aromatic carbocycles. The van der Waals surface area contributed by atoms with E-state index in [1.165, 1.54) is 0 Å². The number of nitrogens with one attached hydrogen (secondary N) is 1. The summed E-state index contributed by atoms with van der Waals surface area (Å²) in [6.07, 6.45) is -4.41. The summed E-state index contributed by atoms with van der Waals surface area (Å²) in [6, 6.07) is 8.56. The van der Waals surface area contributed by atoms with Crippen LogP contribution in [0, 0.1) is 0 Å². The topological polar surface area (TPSA) is 21.3 Å². The molecule has 2 atom stereocenters. The Bertz CT molecular complexity index is 365. The maximum atomic E-state index is 12.6. The van der Waals surface area contributed by atoms with Gasteiger partial charge >= 0.3 is 6.18 Å². The number of benzene rings is 1. The third-order valence-corrected chi connectivity index (χ3v) is 2.73. The number of hydrogen-bond donors (Lipinski definition) is 1. The SMILES string of the molecule is C[C@@]1(C(F)(F)F)N[C@H](c2ccccc2)CO1. The predicted molar refractivity (Wildman–Crippen MR) is 52.7 cm³/mol. The monoisotopic (exact) mass is 231 g/mol. The minimum Gasteiger partial charge on any atom is -0.350 e. The number of rotatable bonds is 1. The van der Waals surface area contributed by atoms with E-state index in [1.54, 1.807) is 24.3 Å². The highest BCUT2D eigenvalue weighted by Crippen LogP contribution is 2.38. The Labute approximate surface area is 91.4 Å². The first kappa shape index (κ1) is 11.4. The smallest absolute Gasteiger partial charge is 0.350 e. The molecule has 2 rings (SSSR count). The van der Waals surface area contributed by atoms with E-state index < -0.39 is 17.9 Å². The molecule has 0 bridgehead atoms. The zero-order valence-corrected chi connectivity index (χ0v) is 8.71. The molecule has 0 spiro atoms. The highest BCUT2D eigenvalue weighted by Gasteiger charge is 2.56. The van der Waals surface area contributed by atoms with Gasteiger partial charge in [0.15, 0.2) is 0 Å². The zero-order chi connectivity index (χ0) is 11.8. The van der Waals surface area contributed by atoms with Gasteiger partial charge in [-0.3, -0.25) is 5.32 Å². The molecule has 1 aromatic rings. The standard InChI is InChI=1S/C11H12F3NO/c1-10(11(12,13)14)15-9(7-16-10)8-5-3-2-4-6-8/h2-6,9,15H,7H2,1H3/t9-,10+/m0/s1. The Morgan fingerprint density at radius 3 is 2.44 bits per heavy atom. The van der Waals surface area contributed by atoms with Crippen LogP contribution in [0.4, 0.5) is 13.2 Å². The van der Waals surface area contributed by atoms with Gasteiger partial charge in [0, 0.05) is 0 Å². The number of alkyl halides is 3. The van der Waals surface area contributed by atoms with Crippen molar-refractivity contribution in [3.63, 3.8) is 0 Å². The molecular formula is C11H12F3NO. The van der Waals surface area contributed by atoms with Crippen LogP contribution in [-0.2, 0) is 4.74 Å². The lowest BCUT2D eigenvalue weighted by atomic mass is 10.1. The van der Waals surface area contributed by atoms with E-state index in [1.807, 2.05) is 6.07 Å². The Hall–Kier alpha value is -1.07. The third kappa shape index (κ3) is 1.92. The van der Waals surface area contributed by atoms with E-state index in [9.17, 15) is 13.2 Å². The van der Waals surface area contributed by atoms with Gasteiger partial charge in [0.05, 0.1) is 12.6 Å². The number of hydrogen-bond acceptors (Lipinski definition) is 2. The van der Waals surface area contributed by atoms with Crippen molar-refractivity contribution in [2.45, 2.75) is 24.9 Å². The van der Waals surface area contributed by atoms with E-state index >= 15 is 0 Å². The largest absolute Gasteiger partial charge is 0.430 e. The van der Waals surface area contributed by atoms with Crippen molar-refractivity contribution in [2.24, 2.45) is 0 Å². The van der Waals surface area contributed by atoms with Gasteiger partial charge in [-0.2, -0.15) is 13.2 Å². The Balaban J connectivity index is 2.15. The summed E-state index contributed by atoms with van der Waals surface area (Å²) in [5, 5.41) is 2.48. The molecular weight excluding hydrogens is 219 g/mol. The van der Waals surface area contributed by atoms with Crippen LogP contribution >= 0.6 is 0 Å². The Kier molecular flexibility index (Phi) is 2.67. The molecule has 0 saturated carbocycles. The van der Waals surface area contributed by atoms with Crippen molar-refractivity contribution in [2.75, 3.05) is 6.61 Å². The predicted octanol–water partition coefficient (Wildman–Crippen LogP) is 2.63. The van der Waals surface area contributed by atoms with Gasteiger partial charge in [-0.25, -0.2) is 0 Å². The van der Waals surface area contributed by atoms with Crippen molar-refractivity contribution in [1.82, 2.24) is 5.32 Å². The van der Waals surface area contributed by atoms with Crippen LogP contribution in [0.3, 0.4) is 0 Å². The van der Waals surface area contributed by atoms with Crippen LogP contribution in [0.5, 0.6) is 0 Å². The van der Waals surface area contributed by atoms with Crippen LogP contribution in [0.25, 0.3) is 0 Å². The minimum atomic E-state index is -4.41. The van der Waals surface area contributed by atoms with Crippen molar-refractivity contribution >= 4 is 0 Å². The Morgan fingerprint density at radius 2 is 1.94 bits per heavy atom. The van der Waals surface area contributed by atoms with Crippen LogP contribution in [0.2, 0.25) is 0 Å². The maximum Gasteiger partial charge on any atom is 0.430 e. The average molecular weight is 231 g/mol. The van der Waals surface area contributed by atoms with E-state index in [0.29, 0.717) is 0 Å². The average Bonchev–Trinajstić information content (AvgIpc) is 2.63. The summed E-state index contributed by atoms with van der Waals surface area (Å²) < 4.78 is 42.8. The second kappa shape index (κ2) is 3.75. The van der Waals surface area contributed by atoms with E-state index in [2.05, 4.69) is 5.32 Å². The molecule has 16 heavy (non-hydrogen) atoms. The summed E-state index contributed by atoms with van der Waals surface area (Å²) in [5.74, 6) is 0. The molecule has 2 nitrogen and oxygen atoms in total. The normalized spacial score (nSPS) is 30.6.